The Kier molecular flexibility index (Phi) is 18.2. The van der Waals surface area contributed by atoms with E-state index in [0.717, 1.165) is 0 Å². The molecule has 1 aromatic rings. The van der Waals surface area contributed by atoms with Crippen LogP contribution in [0.5, 0.6) is 5.75 Å². The molecule has 1 fully saturated rings. The molecule has 0 aliphatic carbocycles. The number of esters is 1. The van der Waals surface area contributed by atoms with Gasteiger partial charge in [0.25, 0.3) is 0 Å². The van der Waals surface area contributed by atoms with E-state index in [2.05, 4.69) is 14.8 Å². The predicted octanol–water partition coefficient (Wildman–Crippen LogP) is 1.07. The topological polar surface area (TPSA) is 207 Å². The number of nitrogens with two attached hydrogens (primary N) is 1. The maximum atomic E-state index is 13.5. The van der Waals surface area contributed by atoms with Crippen LogP contribution in [0.25, 0.3) is 0 Å². The molecule has 1 heterocycles. The molecule has 4 atom stereocenters. The maximum Gasteiger partial charge on any atom is 0.313 e. The SMILES string of the molecule is N/N=C(\C=NCCOCCOCCOCCOCCC(=O)Oc1c(F)c(F)c(F)c(F)c1F)C[C@@H]1CC(O)[C@H](O)C(CC[N+](=O)[O-])O1. The number of nitro groups is 1. The molecule has 4 N–H and O–H groups in total. The van der Waals surface area contributed by atoms with Gasteiger partial charge in [0.05, 0.1) is 89.8 Å². The number of carbonyl (C=O) groups is 1. The van der Waals surface area contributed by atoms with Gasteiger partial charge in [0.2, 0.25) is 41.4 Å². The van der Waals surface area contributed by atoms with Gasteiger partial charge >= 0.3 is 5.97 Å². The second kappa shape index (κ2) is 21.5. The van der Waals surface area contributed by atoms with Crippen LogP contribution in [-0.2, 0) is 28.5 Å². The fourth-order valence-corrected chi connectivity index (χ4v) is 4.06. The quantitative estimate of drug-likeness (QED) is 0.0149. The van der Waals surface area contributed by atoms with E-state index in [1.165, 1.54) is 6.21 Å². The van der Waals surface area contributed by atoms with E-state index in [0.29, 0.717) is 5.71 Å². The Hall–Kier alpha value is -3.40. The van der Waals surface area contributed by atoms with Crippen LogP contribution >= 0.6 is 0 Å². The second-order valence-corrected chi connectivity index (χ2v) is 9.87. The molecule has 47 heavy (non-hydrogen) atoms. The average Bonchev–Trinajstić information content (AvgIpc) is 3.04. The zero-order valence-corrected chi connectivity index (χ0v) is 25.2. The third-order valence-electron chi connectivity index (χ3n) is 6.40. The summed E-state index contributed by atoms with van der Waals surface area (Å²) in [6, 6.07) is 0. The highest BCUT2D eigenvalue weighted by atomic mass is 19.2. The summed E-state index contributed by atoms with van der Waals surface area (Å²) in [7, 11) is 0. The standard InChI is InChI=1S/C27H37F5N4O11/c28-21-22(29)24(31)27(25(32)23(21)30)47-20(38)2-5-42-7-9-44-11-12-45-10-8-43-6-3-34-15-16(35-33)13-17-14-18(37)26(39)19(46-17)1-4-36(40)41/h15,17-19,26,37,39H,1-14,33H2/b34-15?,35-16-/t17-,18?,19?,26+/m1/s1. The van der Waals surface area contributed by atoms with E-state index in [1.807, 2.05) is 0 Å². The van der Waals surface area contributed by atoms with E-state index < -0.39 is 83.1 Å². The molecule has 20 heteroatoms. The van der Waals surface area contributed by atoms with Crippen molar-refractivity contribution in [1.82, 2.24) is 0 Å². The minimum atomic E-state index is -2.37. The molecule has 0 saturated carbocycles. The first-order valence-electron chi connectivity index (χ1n) is 14.4. The molecule has 1 saturated heterocycles. The number of benzene rings is 1. The van der Waals surface area contributed by atoms with Gasteiger partial charge in [-0.05, 0) is 0 Å². The van der Waals surface area contributed by atoms with Gasteiger partial charge in [0.1, 0.15) is 6.10 Å². The first-order valence-corrected chi connectivity index (χ1v) is 14.4. The number of carbonyl (C=O) groups excluding carboxylic acids is 1. The lowest BCUT2D eigenvalue weighted by molar-refractivity contribution is -0.483. The number of hydrogen-bond donors (Lipinski definition) is 3. The Balaban J connectivity index is 1.46. The number of hydrazone groups is 1. The van der Waals surface area contributed by atoms with E-state index in [-0.39, 0.29) is 78.7 Å². The molecule has 1 aromatic carbocycles. The van der Waals surface area contributed by atoms with Gasteiger partial charge in [0.15, 0.2) is 0 Å². The molecular formula is C27H37F5N4O11. The number of halogens is 5. The number of aliphatic imine (C=N–C) groups is 1. The van der Waals surface area contributed by atoms with Crippen molar-refractivity contribution in [2.75, 3.05) is 65.9 Å². The Labute approximate surface area is 265 Å². The van der Waals surface area contributed by atoms with Crippen LogP contribution in [0.15, 0.2) is 10.1 Å². The molecule has 0 amide bonds. The van der Waals surface area contributed by atoms with Gasteiger partial charge < -0.3 is 44.5 Å². The Morgan fingerprint density at radius 2 is 1.45 bits per heavy atom. The molecule has 0 spiro atoms. The van der Waals surface area contributed by atoms with E-state index in [1.54, 1.807) is 0 Å². The molecule has 15 nitrogen and oxygen atoms in total. The lowest BCUT2D eigenvalue weighted by atomic mass is 9.93. The van der Waals surface area contributed by atoms with Crippen molar-refractivity contribution in [3.05, 3.63) is 39.2 Å². The van der Waals surface area contributed by atoms with Crippen molar-refractivity contribution in [2.45, 2.75) is 50.1 Å². The molecule has 266 valence electrons. The second-order valence-electron chi connectivity index (χ2n) is 9.87. The van der Waals surface area contributed by atoms with Crippen molar-refractivity contribution in [3.8, 4) is 5.75 Å². The fourth-order valence-electron chi connectivity index (χ4n) is 4.06. The smallest absolute Gasteiger partial charge is 0.313 e. The Morgan fingerprint density at radius 3 is 2.00 bits per heavy atom. The van der Waals surface area contributed by atoms with Gasteiger partial charge in [-0.2, -0.15) is 13.9 Å². The predicted molar refractivity (Wildman–Crippen MR) is 151 cm³/mol. The Bertz CT molecular complexity index is 1190. The van der Waals surface area contributed by atoms with Crippen LogP contribution in [0.3, 0.4) is 0 Å². The number of aliphatic hydroxyl groups excluding tert-OH is 2. The molecular weight excluding hydrogens is 651 g/mol. The third kappa shape index (κ3) is 14.1. The normalized spacial score (nSPS) is 20.2. The number of ether oxygens (including phenoxy) is 6. The third-order valence-corrected chi connectivity index (χ3v) is 6.40. The van der Waals surface area contributed by atoms with Gasteiger partial charge in [-0.15, -0.1) is 0 Å². The lowest BCUT2D eigenvalue weighted by Crippen LogP contribution is -2.49. The van der Waals surface area contributed by atoms with Gasteiger partial charge in [-0.25, -0.2) is 13.2 Å². The van der Waals surface area contributed by atoms with E-state index in [9.17, 15) is 47.1 Å². The number of aliphatic hydroxyl groups is 2. The minimum Gasteiger partial charge on any atom is -0.420 e. The summed E-state index contributed by atoms with van der Waals surface area (Å²) in [5.41, 5.74) is 0.369. The summed E-state index contributed by atoms with van der Waals surface area (Å²) in [6.45, 7) is 1.07. The largest absolute Gasteiger partial charge is 0.420 e. The first kappa shape index (κ1) is 39.8. The fraction of sp³-hybridized carbons (Fsp3) is 0.667. The van der Waals surface area contributed by atoms with Crippen LogP contribution < -0.4 is 10.6 Å². The monoisotopic (exact) mass is 688 g/mol. The molecule has 0 bridgehead atoms. The average molecular weight is 689 g/mol. The van der Waals surface area contributed by atoms with Crippen LogP contribution in [0, 0.1) is 39.2 Å². The summed E-state index contributed by atoms with van der Waals surface area (Å²) in [6.07, 6.45) is -2.61. The molecule has 1 aliphatic rings. The number of rotatable bonds is 22. The number of nitrogens with zero attached hydrogens (tertiary/aromatic N) is 3. The first-order chi connectivity index (χ1) is 22.5. The molecule has 2 rings (SSSR count). The van der Waals surface area contributed by atoms with Gasteiger partial charge in [-0.1, -0.05) is 0 Å². The summed E-state index contributed by atoms with van der Waals surface area (Å²) in [4.78, 5) is 25.9. The van der Waals surface area contributed by atoms with Crippen molar-refractivity contribution in [1.29, 1.82) is 0 Å². The zero-order valence-electron chi connectivity index (χ0n) is 25.2. The van der Waals surface area contributed by atoms with Crippen LogP contribution in [0.4, 0.5) is 22.0 Å². The van der Waals surface area contributed by atoms with Crippen molar-refractivity contribution >= 4 is 17.9 Å². The van der Waals surface area contributed by atoms with Crippen molar-refractivity contribution in [3.63, 3.8) is 0 Å². The van der Waals surface area contributed by atoms with Gasteiger partial charge in [0, 0.05) is 30.4 Å². The Morgan fingerprint density at radius 1 is 0.915 bits per heavy atom. The highest BCUT2D eigenvalue weighted by molar-refractivity contribution is 6.30. The van der Waals surface area contributed by atoms with Crippen LogP contribution in [-0.4, -0.2) is 123 Å². The molecule has 2 unspecified atom stereocenters. The maximum absolute atomic E-state index is 13.5. The highest BCUT2D eigenvalue weighted by Gasteiger charge is 2.37. The van der Waals surface area contributed by atoms with E-state index >= 15 is 0 Å². The molecule has 0 aromatic heterocycles. The molecule has 1 aliphatic heterocycles. The van der Waals surface area contributed by atoms with Crippen LogP contribution in [0.2, 0.25) is 0 Å². The summed E-state index contributed by atoms with van der Waals surface area (Å²) >= 11 is 0. The summed E-state index contributed by atoms with van der Waals surface area (Å²) in [5.74, 6) is -8.87. The van der Waals surface area contributed by atoms with Gasteiger partial charge in [-0.3, -0.25) is 19.9 Å². The number of hydrogen-bond acceptors (Lipinski definition) is 14. The van der Waals surface area contributed by atoms with Crippen LogP contribution in [0.1, 0.15) is 25.7 Å². The summed E-state index contributed by atoms with van der Waals surface area (Å²) < 4.78 is 97.4. The zero-order chi connectivity index (χ0) is 34.8. The highest BCUT2D eigenvalue weighted by Crippen LogP contribution is 2.29. The molecule has 0 radical (unpaired) electrons. The lowest BCUT2D eigenvalue weighted by Gasteiger charge is -2.36. The van der Waals surface area contributed by atoms with Crippen molar-refractivity contribution in [2.24, 2.45) is 15.9 Å². The van der Waals surface area contributed by atoms with E-state index in [4.69, 9.17) is 29.5 Å². The summed E-state index contributed by atoms with van der Waals surface area (Å²) in [5, 5.41) is 34.4. The van der Waals surface area contributed by atoms with Crippen molar-refractivity contribution < 1.29 is 70.3 Å². The minimum absolute atomic E-state index is 0.0409.